The number of rotatable bonds is 6. The molecule has 2 aromatic carbocycles. The number of fused-ring (bicyclic) bond motifs is 1. The van der Waals surface area contributed by atoms with Gasteiger partial charge in [-0.15, -0.1) is 0 Å². The highest BCUT2D eigenvalue weighted by atomic mass is 35.5. The van der Waals surface area contributed by atoms with Crippen LogP contribution in [0.1, 0.15) is 57.2 Å². The highest BCUT2D eigenvalue weighted by Crippen LogP contribution is 2.34. The smallest absolute Gasteiger partial charge is 0.260 e. The van der Waals surface area contributed by atoms with Crippen LogP contribution in [0.4, 0.5) is 17.3 Å². The van der Waals surface area contributed by atoms with Crippen molar-refractivity contribution in [3.8, 4) is 11.1 Å². The number of halogens is 1. The number of hydrogen-bond acceptors (Lipinski definition) is 7. The first-order valence-electron chi connectivity index (χ1n) is 16.4. The summed E-state index contributed by atoms with van der Waals surface area (Å²) in [6.07, 6.45) is 3.81. The zero-order valence-corrected chi connectivity index (χ0v) is 28.4. The van der Waals surface area contributed by atoms with E-state index in [0.29, 0.717) is 59.3 Å². The van der Waals surface area contributed by atoms with Crippen molar-refractivity contribution < 1.29 is 4.79 Å². The van der Waals surface area contributed by atoms with Crippen molar-refractivity contribution >= 4 is 45.9 Å². The van der Waals surface area contributed by atoms with Crippen LogP contribution in [0.3, 0.4) is 0 Å². The van der Waals surface area contributed by atoms with Gasteiger partial charge in [0.15, 0.2) is 0 Å². The van der Waals surface area contributed by atoms with Crippen LogP contribution in [0.2, 0.25) is 5.02 Å². The van der Waals surface area contributed by atoms with Crippen LogP contribution in [0.25, 0.3) is 22.2 Å². The van der Waals surface area contributed by atoms with E-state index in [9.17, 15) is 9.59 Å². The van der Waals surface area contributed by atoms with Gasteiger partial charge in [0.05, 0.1) is 11.6 Å². The number of likely N-dealkylation sites (tertiary alicyclic amines) is 1. The Morgan fingerprint density at radius 1 is 1.07 bits per heavy atom. The first kappa shape index (κ1) is 32.0. The van der Waals surface area contributed by atoms with Gasteiger partial charge in [-0.05, 0) is 83.0 Å². The molecule has 2 aliphatic heterocycles. The molecule has 2 saturated heterocycles. The molecule has 4 heterocycles. The van der Waals surface area contributed by atoms with Crippen LogP contribution >= 0.6 is 11.6 Å². The summed E-state index contributed by atoms with van der Waals surface area (Å²) in [5.74, 6) is 0.508. The number of hydrogen-bond donors (Lipinski definition) is 1. The van der Waals surface area contributed by atoms with Crippen LogP contribution in [0, 0.1) is 13.8 Å². The lowest BCUT2D eigenvalue weighted by Gasteiger charge is -2.44. The minimum absolute atomic E-state index is 0.0942. The fourth-order valence-corrected chi connectivity index (χ4v) is 7.38. The number of pyridine rings is 1. The van der Waals surface area contributed by atoms with E-state index in [0.717, 1.165) is 42.6 Å². The maximum absolute atomic E-state index is 14.5. The van der Waals surface area contributed by atoms with Crippen molar-refractivity contribution in [2.45, 2.75) is 72.0 Å². The lowest BCUT2D eigenvalue weighted by atomic mass is 9.98. The molecule has 2 aromatic heterocycles. The summed E-state index contributed by atoms with van der Waals surface area (Å²) < 4.78 is 1.78. The fourth-order valence-electron chi connectivity index (χ4n) is 7.15. The number of nitrogens with zero attached hydrogens (tertiary/aromatic N) is 6. The summed E-state index contributed by atoms with van der Waals surface area (Å²) in [6, 6.07) is 14.5. The van der Waals surface area contributed by atoms with Crippen molar-refractivity contribution in [3.63, 3.8) is 0 Å². The molecule has 0 saturated carbocycles. The van der Waals surface area contributed by atoms with E-state index in [-0.39, 0.29) is 17.5 Å². The van der Waals surface area contributed by atoms with Crippen molar-refractivity contribution in [1.29, 1.82) is 0 Å². The molecule has 9 nitrogen and oxygen atoms in total. The van der Waals surface area contributed by atoms with Crippen LogP contribution in [0.15, 0.2) is 53.5 Å². The van der Waals surface area contributed by atoms with Crippen molar-refractivity contribution in [2.24, 2.45) is 0 Å². The van der Waals surface area contributed by atoms with E-state index >= 15 is 0 Å². The first-order valence-corrected chi connectivity index (χ1v) is 16.7. The van der Waals surface area contributed by atoms with E-state index in [2.05, 4.69) is 61.1 Å². The van der Waals surface area contributed by atoms with E-state index in [1.165, 1.54) is 11.3 Å². The fraction of sp³-hybridized carbons (Fsp3) is 0.444. The Morgan fingerprint density at radius 2 is 1.80 bits per heavy atom. The molecule has 0 spiro atoms. The number of aromatic nitrogens is 3. The van der Waals surface area contributed by atoms with Gasteiger partial charge in [0.2, 0.25) is 11.9 Å². The summed E-state index contributed by atoms with van der Waals surface area (Å²) in [4.78, 5) is 43.7. The number of amides is 1. The minimum atomic E-state index is -0.223. The number of carbonyl (C=O) groups is 1. The van der Waals surface area contributed by atoms with E-state index < -0.39 is 0 Å². The Morgan fingerprint density at radius 3 is 2.50 bits per heavy atom. The van der Waals surface area contributed by atoms with Gasteiger partial charge in [0.1, 0.15) is 5.65 Å². The van der Waals surface area contributed by atoms with Gasteiger partial charge in [0.25, 0.3) is 5.56 Å². The highest BCUT2D eigenvalue weighted by molar-refractivity contribution is 6.33. The topological polar surface area (TPSA) is 86.6 Å². The Bertz CT molecular complexity index is 1830. The molecule has 1 amide bonds. The summed E-state index contributed by atoms with van der Waals surface area (Å²) >= 11 is 6.64. The predicted octanol–water partition coefficient (Wildman–Crippen LogP) is 6.57. The lowest BCUT2D eigenvalue weighted by Crippen LogP contribution is -2.55. The van der Waals surface area contributed by atoms with Crippen LogP contribution in [-0.4, -0.2) is 75.6 Å². The van der Waals surface area contributed by atoms with Gasteiger partial charge in [0, 0.05) is 78.2 Å². The highest BCUT2D eigenvalue weighted by Gasteiger charge is 2.30. The van der Waals surface area contributed by atoms with Gasteiger partial charge in [-0.1, -0.05) is 36.7 Å². The number of nitrogens with one attached hydrogen (secondary N) is 1. The van der Waals surface area contributed by atoms with Crippen LogP contribution in [0.5, 0.6) is 0 Å². The molecule has 4 aromatic rings. The number of piperazine rings is 1. The minimum Gasteiger partial charge on any atom is -0.368 e. The number of anilines is 3. The number of piperidine rings is 1. The third-order valence-electron chi connectivity index (χ3n) is 9.92. The van der Waals surface area contributed by atoms with E-state index in [1.807, 2.05) is 36.9 Å². The molecule has 3 atom stereocenters. The molecule has 2 fully saturated rings. The number of likely N-dealkylation sites (N-methyl/N-ethyl adjacent to an activating group) is 1. The summed E-state index contributed by atoms with van der Waals surface area (Å²) in [5, 5.41) is 4.70. The Hall–Kier alpha value is -3.95. The van der Waals surface area contributed by atoms with Gasteiger partial charge < -0.3 is 15.1 Å². The molecule has 46 heavy (non-hydrogen) atoms. The van der Waals surface area contributed by atoms with Gasteiger partial charge in [-0.3, -0.25) is 19.1 Å². The van der Waals surface area contributed by atoms with Crippen LogP contribution in [-0.2, 0) is 4.79 Å². The van der Waals surface area contributed by atoms with Crippen molar-refractivity contribution in [3.05, 3.63) is 75.2 Å². The summed E-state index contributed by atoms with van der Waals surface area (Å²) in [6.45, 7) is 13.6. The Labute approximate surface area is 276 Å². The van der Waals surface area contributed by atoms with Crippen LogP contribution < -0.4 is 15.8 Å². The molecule has 242 valence electrons. The molecule has 0 aliphatic carbocycles. The third kappa shape index (κ3) is 5.98. The largest absolute Gasteiger partial charge is 0.368 e. The van der Waals surface area contributed by atoms with Crippen molar-refractivity contribution in [2.75, 3.05) is 43.4 Å². The third-order valence-corrected chi connectivity index (χ3v) is 10.3. The number of aryl methyl sites for hydroxylation is 2. The van der Waals surface area contributed by atoms with E-state index in [4.69, 9.17) is 21.6 Å². The standard InChI is InChI=1S/C36H44ClN7O2/c1-7-32(45)42-16-10-11-27(21-42)44-34-29(25(5)33(35(44)46)28-12-8-9-13-30(28)37)18-38-36(40-34)39-26-14-15-31(22(2)17-26)43-19-23(3)41(6)24(4)20-43/h8-9,12-15,17-18,23-24,27H,7,10-11,16,19-21H2,1-6H3,(H,38,39,40)/t23-,24+,27?. The maximum Gasteiger partial charge on any atom is 0.260 e. The SMILES string of the molecule is CCC(=O)N1CCCC(n2c(=O)c(-c3ccccc3Cl)c(C)c3cnc(Nc4ccc(N5C[C@@H](C)N(C)[C@@H](C)C5)c(C)c4)nc32)C1. The molecule has 2 aliphatic rings. The summed E-state index contributed by atoms with van der Waals surface area (Å²) in [7, 11) is 2.20. The Kier molecular flexibility index (Phi) is 9.08. The second-order valence-electron chi connectivity index (χ2n) is 13.0. The second-order valence-corrected chi connectivity index (χ2v) is 13.4. The first-order chi connectivity index (χ1) is 22.1. The molecule has 10 heteroatoms. The molecular weight excluding hydrogens is 598 g/mol. The molecule has 6 rings (SSSR count). The van der Waals surface area contributed by atoms with Gasteiger partial charge in [-0.2, -0.15) is 4.98 Å². The molecule has 0 bridgehead atoms. The molecule has 1 N–H and O–H groups in total. The average molecular weight is 642 g/mol. The van der Waals surface area contributed by atoms with Gasteiger partial charge >= 0.3 is 0 Å². The second kappa shape index (κ2) is 13.0. The Balaban J connectivity index is 1.40. The average Bonchev–Trinajstić information content (AvgIpc) is 3.04. The molecule has 1 unspecified atom stereocenters. The van der Waals surface area contributed by atoms with Crippen molar-refractivity contribution in [1.82, 2.24) is 24.3 Å². The number of benzene rings is 2. The molecule has 0 radical (unpaired) electrons. The number of carbonyl (C=O) groups excluding carboxylic acids is 1. The maximum atomic E-state index is 14.5. The summed E-state index contributed by atoms with van der Waals surface area (Å²) in [5.41, 5.74) is 5.69. The predicted molar refractivity (Wildman–Crippen MR) is 187 cm³/mol. The zero-order valence-electron chi connectivity index (χ0n) is 27.7. The zero-order chi connectivity index (χ0) is 32.7. The molecular formula is C36H44ClN7O2. The lowest BCUT2D eigenvalue weighted by molar-refractivity contribution is -0.132. The van der Waals surface area contributed by atoms with E-state index in [1.54, 1.807) is 16.8 Å². The quantitative estimate of drug-likeness (QED) is 0.255. The van der Waals surface area contributed by atoms with Gasteiger partial charge in [-0.25, -0.2) is 4.98 Å². The normalized spacial score (nSPS) is 20.7. The monoisotopic (exact) mass is 641 g/mol.